The van der Waals surface area contributed by atoms with Crippen LogP contribution in [0.1, 0.15) is 11.1 Å². The normalized spacial score (nSPS) is 10.5. The molecule has 1 aromatic carbocycles. The van der Waals surface area contributed by atoms with Gasteiger partial charge in [0, 0.05) is 13.1 Å². The van der Waals surface area contributed by atoms with E-state index in [1.54, 1.807) is 0 Å². The highest BCUT2D eigenvalue weighted by Crippen LogP contribution is 2.07. The molecule has 0 radical (unpaired) electrons. The van der Waals surface area contributed by atoms with Crippen molar-refractivity contribution < 1.29 is 0 Å². The van der Waals surface area contributed by atoms with Gasteiger partial charge in [0.1, 0.15) is 0 Å². The Kier molecular flexibility index (Phi) is 6.81. The summed E-state index contributed by atoms with van der Waals surface area (Å²) < 4.78 is 0. The number of hydrogen-bond donors (Lipinski definition) is 0. The number of benzene rings is 1. The number of rotatable bonds is 4. The van der Waals surface area contributed by atoms with Crippen molar-refractivity contribution in [3.05, 3.63) is 35.4 Å². The van der Waals surface area contributed by atoms with Crippen molar-refractivity contribution in [1.82, 2.24) is 9.80 Å². The summed E-state index contributed by atoms with van der Waals surface area (Å²) in [4.78, 5) is 4.36. The van der Waals surface area contributed by atoms with E-state index in [0.29, 0.717) is 0 Å². The average Bonchev–Trinajstić information content (AvgIpc) is 2.06. The first-order valence-electron chi connectivity index (χ1n) is 4.95. The van der Waals surface area contributed by atoms with Crippen LogP contribution in [0, 0.1) is 0 Å². The Morgan fingerprint density at radius 3 is 1.20 bits per heavy atom. The summed E-state index contributed by atoms with van der Waals surface area (Å²) in [6.07, 6.45) is 0. The maximum Gasteiger partial charge on any atom is 0.0227 e. The van der Waals surface area contributed by atoms with E-state index in [1.165, 1.54) is 11.1 Å². The number of hydrogen-bond acceptors (Lipinski definition) is 2. The summed E-state index contributed by atoms with van der Waals surface area (Å²) in [6, 6.07) is 8.83. The third-order valence-electron chi connectivity index (χ3n) is 2.02. The molecule has 0 aliphatic rings. The maximum absolute atomic E-state index is 2.21. The van der Waals surface area contributed by atoms with Crippen LogP contribution in [0.3, 0.4) is 0 Å². The van der Waals surface area contributed by atoms with E-state index in [0.717, 1.165) is 13.1 Å². The fourth-order valence-electron chi connectivity index (χ4n) is 1.48. The van der Waals surface area contributed by atoms with Crippen molar-refractivity contribution in [2.45, 2.75) is 13.1 Å². The molecule has 0 aromatic heterocycles. The third-order valence-corrected chi connectivity index (χ3v) is 2.02. The molecular formula is C12H21BrN2. The SMILES string of the molecule is Br.CN(C)Cc1ccc(CN(C)C)cc1. The molecule has 0 bridgehead atoms. The van der Waals surface area contributed by atoms with Crippen LogP contribution in [-0.2, 0) is 13.1 Å². The predicted octanol–water partition coefficient (Wildman–Crippen LogP) is 2.39. The van der Waals surface area contributed by atoms with Crippen molar-refractivity contribution >= 4 is 17.0 Å². The molecule has 0 fully saturated rings. The summed E-state index contributed by atoms with van der Waals surface area (Å²) in [5, 5.41) is 0. The van der Waals surface area contributed by atoms with Crippen LogP contribution in [0.15, 0.2) is 24.3 Å². The zero-order chi connectivity index (χ0) is 10.6. The Labute approximate surface area is 104 Å². The Morgan fingerprint density at radius 1 is 0.733 bits per heavy atom. The largest absolute Gasteiger partial charge is 0.305 e. The second kappa shape index (κ2) is 6.99. The molecule has 0 saturated carbocycles. The molecule has 0 spiro atoms. The van der Waals surface area contributed by atoms with Gasteiger partial charge in [-0.3, -0.25) is 0 Å². The van der Waals surface area contributed by atoms with Gasteiger partial charge in [-0.2, -0.15) is 0 Å². The summed E-state index contributed by atoms with van der Waals surface area (Å²) in [5.41, 5.74) is 2.75. The van der Waals surface area contributed by atoms with Crippen LogP contribution in [0.25, 0.3) is 0 Å². The van der Waals surface area contributed by atoms with Crippen LogP contribution >= 0.6 is 17.0 Å². The van der Waals surface area contributed by atoms with E-state index in [4.69, 9.17) is 0 Å². The van der Waals surface area contributed by atoms with Crippen LogP contribution in [-0.4, -0.2) is 38.0 Å². The minimum absolute atomic E-state index is 0. The Morgan fingerprint density at radius 2 is 1.00 bits per heavy atom. The van der Waals surface area contributed by atoms with Crippen molar-refractivity contribution in [1.29, 1.82) is 0 Å². The van der Waals surface area contributed by atoms with Crippen LogP contribution in [0.5, 0.6) is 0 Å². The molecule has 0 N–H and O–H groups in total. The second-order valence-corrected chi connectivity index (χ2v) is 4.29. The third kappa shape index (κ3) is 5.92. The lowest BCUT2D eigenvalue weighted by Gasteiger charge is -2.12. The molecule has 0 aliphatic heterocycles. The molecule has 0 aliphatic carbocycles. The fourth-order valence-corrected chi connectivity index (χ4v) is 1.48. The molecule has 2 nitrogen and oxygen atoms in total. The Balaban J connectivity index is 0.00000196. The van der Waals surface area contributed by atoms with Crippen molar-refractivity contribution in [3.63, 3.8) is 0 Å². The minimum Gasteiger partial charge on any atom is -0.305 e. The highest BCUT2D eigenvalue weighted by Gasteiger charge is 1.97. The van der Waals surface area contributed by atoms with Gasteiger partial charge < -0.3 is 9.80 Å². The van der Waals surface area contributed by atoms with E-state index >= 15 is 0 Å². The van der Waals surface area contributed by atoms with E-state index in [1.807, 2.05) is 0 Å². The zero-order valence-corrected chi connectivity index (χ0v) is 11.7. The van der Waals surface area contributed by atoms with Gasteiger partial charge in [-0.05, 0) is 39.3 Å². The zero-order valence-electron chi connectivity index (χ0n) is 10.0. The van der Waals surface area contributed by atoms with Gasteiger partial charge in [0.2, 0.25) is 0 Å². The molecule has 0 atom stereocenters. The van der Waals surface area contributed by atoms with Gasteiger partial charge in [0.15, 0.2) is 0 Å². The van der Waals surface area contributed by atoms with Gasteiger partial charge >= 0.3 is 0 Å². The maximum atomic E-state index is 2.21. The first-order chi connectivity index (χ1) is 6.58. The lowest BCUT2D eigenvalue weighted by molar-refractivity contribution is 0.398. The van der Waals surface area contributed by atoms with Crippen LogP contribution in [0.2, 0.25) is 0 Å². The lowest BCUT2D eigenvalue weighted by Crippen LogP contribution is -2.12. The monoisotopic (exact) mass is 272 g/mol. The van der Waals surface area contributed by atoms with E-state index in [9.17, 15) is 0 Å². The molecule has 86 valence electrons. The quantitative estimate of drug-likeness (QED) is 0.831. The van der Waals surface area contributed by atoms with E-state index < -0.39 is 0 Å². The first-order valence-corrected chi connectivity index (χ1v) is 4.95. The van der Waals surface area contributed by atoms with Crippen molar-refractivity contribution in [2.75, 3.05) is 28.2 Å². The summed E-state index contributed by atoms with van der Waals surface area (Å²) in [6.45, 7) is 2.03. The molecule has 3 heteroatoms. The average molecular weight is 273 g/mol. The molecule has 1 rings (SSSR count). The van der Waals surface area contributed by atoms with Gasteiger partial charge in [-0.15, -0.1) is 17.0 Å². The van der Waals surface area contributed by atoms with Gasteiger partial charge in [0.25, 0.3) is 0 Å². The molecule has 0 heterocycles. The predicted molar refractivity (Wildman–Crippen MR) is 71.5 cm³/mol. The Bertz CT molecular complexity index is 238. The number of nitrogens with zero attached hydrogens (tertiary/aromatic N) is 2. The molecule has 0 saturated heterocycles. The van der Waals surface area contributed by atoms with Gasteiger partial charge in [0.05, 0.1) is 0 Å². The standard InChI is InChI=1S/C12H20N2.BrH/c1-13(2)9-11-5-7-12(8-6-11)10-14(3)4;/h5-8H,9-10H2,1-4H3;1H. The first kappa shape index (κ1) is 14.6. The van der Waals surface area contributed by atoms with E-state index in [-0.39, 0.29) is 17.0 Å². The second-order valence-electron chi connectivity index (χ2n) is 4.29. The molecule has 1 aromatic rings. The fraction of sp³-hybridized carbons (Fsp3) is 0.500. The van der Waals surface area contributed by atoms with Crippen molar-refractivity contribution in [3.8, 4) is 0 Å². The van der Waals surface area contributed by atoms with Crippen LogP contribution < -0.4 is 0 Å². The smallest absolute Gasteiger partial charge is 0.0227 e. The summed E-state index contributed by atoms with van der Waals surface area (Å²) in [7, 11) is 8.36. The number of halogens is 1. The van der Waals surface area contributed by atoms with Crippen LogP contribution in [0.4, 0.5) is 0 Å². The lowest BCUT2D eigenvalue weighted by atomic mass is 10.1. The summed E-state index contributed by atoms with van der Waals surface area (Å²) in [5.74, 6) is 0. The van der Waals surface area contributed by atoms with Gasteiger partial charge in [-0.1, -0.05) is 24.3 Å². The highest BCUT2D eigenvalue weighted by molar-refractivity contribution is 8.93. The highest BCUT2D eigenvalue weighted by atomic mass is 79.9. The van der Waals surface area contributed by atoms with Gasteiger partial charge in [-0.25, -0.2) is 0 Å². The minimum atomic E-state index is 0. The molecule has 0 amide bonds. The van der Waals surface area contributed by atoms with Crippen molar-refractivity contribution in [2.24, 2.45) is 0 Å². The topological polar surface area (TPSA) is 6.48 Å². The molecule has 15 heavy (non-hydrogen) atoms. The van der Waals surface area contributed by atoms with E-state index in [2.05, 4.69) is 62.3 Å². The summed E-state index contributed by atoms with van der Waals surface area (Å²) >= 11 is 0. The Hall–Kier alpha value is -0.380. The molecular weight excluding hydrogens is 252 g/mol. The molecule has 0 unspecified atom stereocenters.